The number of nitrogens with zero attached hydrogens (tertiary/aromatic N) is 3. The Morgan fingerprint density at radius 2 is 1.88 bits per heavy atom. The molecule has 166 valence electrons. The summed E-state index contributed by atoms with van der Waals surface area (Å²) in [5.41, 5.74) is 2.94. The molecule has 0 saturated heterocycles. The first-order valence-corrected chi connectivity index (χ1v) is 10.3. The summed E-state index contributed by atoms with van der Waals surface area (Å²) in [6, 6.07) is 17.3. The van der Waals surface area contributed by atoms with E-state index in [1.165, 1.54) is 30.3 Å². The van der Waals surface area contributed by atoms with Crippen molar-refractivity contribution < 1.29 is 10.0 Å². The van der Waals surface area contributed by atoms with E-state index < -0.39 is 16.6 Å². The smallest absolute Gasteiger partial charge is 0.276 e. The summed E-state index contributed by atoms with van der Waals surface area (Å²) in [6.45, 7) is 0. The van der Waals surface area contributed by atoms with Crippen LogP contribution in [0.25, 0.3) is 11.0 Å². The lowest BCUT2D eigenvalue weighted by molar-refractivity contribution is -0.384. The molecule has 1 atom stereocenters. The molecule has 1 aromatic heterocycles. The summed E-state index contributed by atoms with van der Waals surface area (Å²) < 4.78 is 0. The molecule has 0 fully saturated rings. The Balaban J connectivity index is 1.85. The number of halogens is 2. The Kier molecular flexibility index (Phi) is 6.36. The molecule has 0 aliphatic carbocycles. The molecule has 0 spiro atoms. The Morgan fingerprint density at radius 1 is 1.12 bits per heavy atom. The molecule has 3 N–H and O–H groups in total. The van der Waals surface area contributed by atoms with Crippen molar-refractivity contribution in [3.8, 4) is 0 Å². The van der Waals surface area contributed by atoms with Crippen molar-refractivity contribution in [2.24, 2.45) is 5.10 Å². The molecule has 1 heterocycles. The Morgan fingerprint density at radius 3 is 2.58 bits per heavy atom. The molecule has 11 heteroatoms. The van der Waals surface area contributed by atoms with Crippen LogP contribution in [-0.2, 0) is 0 Å². The molecule has 33 heavy (non-hydrogen) atoms. The van der Waals surface area contributed by atoms with Gasteiger partial charge in [0.05, 0.1) is 21.6 Å². The van der Waals surface area contributed by atoms with E-state index in [2.05, 4.69) is 20.5 Å². The van der Waals surface area contributed by atoms with Gasteiger partial charge >= 0.3 is 0 Å². The molecule has 4 aromatic rings. The van der Waals surface area contributed by atoms with E-state index in [0.29, 0.717) is 10.7 Å². The monoisotopic (exact) mass is 483 g/mol. The Bertz CT molecular complexity index is 1440. The van der Waals surface area contributed by atoms with Crippen molar-refractivity contribution in [1.29, 1.82) is 0 Å². The van der Waals surface area contributed by atoms with Crippen LogP contribution >= 0.6 is 23.2 Å². The zero-order valence-corrected chi connectivity index (χ0v) is 18.2. The largest absolute Gasteiger partial charge is 0.382 e. The van der Waals surface area contributed by atoms with E-state index in [9.17, 15) is 20.0 Å². The van der Waals surface area contributed by atoms with Crippen molar-refractivity contribution in [2.75, 3.05) is 5.43 Å². The summed E-state index contributed by atoms with van der Waals surface area (Å²) in [7, 11) is 0. The van der Waals surface area contributed by atoms with E-state index in [0.717, 1.165) is 0 Å². The highest BCUT2D eigenvalue weighted by Crippen LogP contribution is 2.28. The summed E-state index contributed by atoms with van der Waals surface area (Å²) in [4.78, 5) is 30.2. The normalized spacial score (nSPS) is 12.5. The first-order valence-electron chi connectivity index (χ1n) is 9.54. The average molecular weight is 484 g/mol. The number of nitro groups is 1. The predicted octanol–water partition coefficient (Wildman–Crippen LogP) is 4.69. The highest BCUT2D eigenvalue weighted by atomic mass is 35.5. The van der Waals surface area contributed by atoms with Crippen LogP contribution in [0.1, 0.15) is 17.4 Å². The number of aromatic nitrogens is 2. The Hall–Kier alpha value is -3.79. The topological polar surface area (TPSA) is 134 Å². The van der Waals surface area contributed by atoms with E-state index >= 15 is 0 Å². The van der Waals surface area contributed by atoms with Gasteiger partial charge in [0.1, 0.15) is 11.8 Å². The van der Waals surface area contributed by atoms with Crippen LogP contribution in [0.4, 0.5) is 11.4 Å². The first kappa shape index (κ1) is 22.4. The number of nitro benzene ring substituents is 1. The fourth-order valence-electron chi connectivity index (χ4n) is 3.11. The van der Waals surface area contributed by atoms with Gasteiger partial charge in [-0.25, -0.2) is 4.98 Å². The van der Waals surface area contributed by atoms with Gasteiger partial charge < -0.3 is 10.1 Å². The predicted molar refractivity (Wildman–Crippen MR) is 127 cm³/mol. The number of aliphatic hydroxyl groups excluding tert-OH is 1. The van der Waals surface area contributed by atoms with E-state index in [4.69, 9.17) is 23.2 Å². The maximum atomic E-state index is 12.9. The minimum atomic E-state index is -1.44. The number of aliphatic hydroxyl groups is 1. The fourth-order valence-corrected chi connectivity index (χ4v) is 3.62. The van der Waals surface area contributed by atoms with Crippen molar-refractivity contribution in [3.05, 3.63) is 109 Å². The Labute approximate surface area is 196 Å². The minimum Gasteiger partial charge on any atom is -0.382 e. The van der Waals surface area contributed by atoms with E-state index in [1.54, 1.807) is 30.3 Å². The molecular formula is C22H15Cl2N5O4. The second-order valence-electron chi connectivity index (χ2n) is 6.92. The number of para-hydroxylation sites is 1. The van der Waals surface area contributed by atoms with Gasteiger partial charge in [0.15, 0.2) is 5.69 Å². The molecule has 9 nitrogen and oxygen atoms in total. The van der Waals surface area contributed by atoms with Crippen molar-refractivity contribution in [1.82, 2.24) is 9.97 Å². The summed E-state index contributed by atoms with van der Waals surface area (Å²) in [6.07, 6.45) is -1.44. The summed E-state index contributed by atoms with van der Waals surface area (Å²) >= 11 is 12.2. The number of H-pyrrole nitrogens is 1. The summed E-state index contributed by atoms with van der Waals surface area (Å²) in [5, 5.41) is 27.0. The van der Waals surface area contributed by atoms with E-state index in [1.807, 2.05) is 6.07 Å². The fraction of sp³-hybridized carbons (Fsp3) is 0.0455. The first-order chi connectivity index (χ1) is 15.8. The number of benzene rings is 3. The molecule has 0 amide bonds. The van der Waals surface area contributed by atoms with Crippen LogP contribution in [0.3, 0.4) is 0 Å². The van der Waals surface area contributed by atoms with Crippen molar-refractivity contribution in [2.45, 2.75) is 6.10 Å². The van der Waals surface area contributed by atoms with Gasteiger partial charge in [-0.2, -0.15) is 5.10 Å². The molecule has 0 bridgehead atoms. The standard InChI is InChI=1S/C22H15Cl2N5O4/c23-12-6-8-15(16(24)10-12)21(30)19(28-27-13-4-2-1-3-5-13)20-22(31)26-18-11-14(29(32)33)7-9-17(18)25-20/h1-11,21,27,30H,(H,26,31)/b28-19+/t21-/m1/s1. The van der Waals surface area contributed by atoms with Gasteiger partial charge in [0.25, 0.3) is 11.2 Å². The number of nitrogens with one attached hydrogen (secondary N) is 2. The van der Waals surface area contributed by atoms with Gasteiger partial charge in [0.2, 0.25) is 0 Å². The number of aromatic amines is 1. The van der Waals surface area contributed by atoms with Gasteiger partial charge in [-0.05, 0) is 30.3 Å². The second-order valence-corrected chi connectivity index (χ2v) is 7.76. The van der Waals surface area contributed by atoms with Gasteiger partial charge in [0, 0.05) is 27.7 Å². The van der Waals surface area contributed by atoms with Crippen LogP contribution in [0.15, 0.2) is 76.6 Å². The van der Waals surface area contributed by atoms with Crippen molar-refractivity contribution in [3.63, 3.8) is 0 Å². The molecule has 0 unspecified atom stereocenters. The lowest BCUT2D eigenvalue weighted by Crippen LogP contribution is -2.26. The van der Waals surface area contributed by atoms with Crippen LogP contribution in [0.2, 0.25) is 10.0 Å². The van der Waals surface area contributed by atoms with Crippen molar-refractivity contribution >= 4 is 51.3 Å². The molecule has 0 aliphatic heterocycles. The number of hydrogen-bond acceptors (Lipinski definition) is 7. The molecule has 3 aromatic carbocycles. The highest BCUT2D eigenvalue weighted by molar-refractivity contribution is 6.35. The minimum absolute atomic E-state index is 0.107. The SMILES string of the molecule is O=c1[nH]c2cc([N+](=O)[O-])ccc2nc1/C(=N\Nc1ccccc1)[C@H](O)c1ccc(Cl)cc1Cl. The van der Waals surface area contributed by atoms with Crippen LogP contribution in [-0.4, -0.2) is 25.7 Å². The van der Waals surface area contributed by atoms with Crippen LogP contribution in [0, 0.1) is 10.1 Å². The zero-order chi connectivity index (χ0) is 23.5. The van der Waals surface area contributed by atoms with Crippen LogP contribution < -0.4 is 11.0 Å². The number of anilines is 1. The highest BCUT2D eigenvalue weighted by Gasteiger charge is 2.25. The second kappa shape index (κ2) is 9.37. The third kappa shape index (κ3) is 4.85. The molecule has 0 saturated carbocycles. The third-order valence-corrected chi connectivity index (χ3v) is 5.29. The average Bonchev–Trinajstić information content (AvgIpc) is 2.79. The van der Waals surface area contributed by atoms with Gasteiger partial charge in [-0.1, -0.05) is 47.5 Å². The lowest BCUT2D eigenvalue weighted by Gasteiger charge is -2.16. The molecule has 0 aliphatic rings. The lowest BCUT2D eigenvalue weighted by atomic mass is 10.0. The van der Waals surface area contributed by atoms with E-state index in [-0.39, 0.29) is 38.7 Å². The third-order valence-electron chi connectivity index (χ3n) is 4.72. The number of non-ortho nitro benzene ring substituents is 1. The summed E-state index contributed by atoms with van der Waals surface area (Å²) in [5.74, 6) is 0. The number of fused-ring (bicyclic) bond motifs is 1. The number of rotatable bonds is 6. The zero-order valence-electron chi connectivity index (χ0n) is 16.7. The van der Waals surface area contributed by atoms with Crippen LogP contribution in [0.5, 0.6) is 0 Å². The maximum absolute atomic E-state index is 12.9. The molecule has 4 rings (SSSR count). The molecule has 0 radical (unpaired) electrons. The maximum Gasteiger partial charge on any atom is 0.276 e. The van der Waals surface area contributed by atoms with Gasteiger partial charge in [-0.15, -0.1) is 0 Å². The quantitative estimate of drug-likeness (QED) is 0.207. The number of hydrogen-bond donors (Lipinski definition) is 3. The molecular weight excluding hydrogens is 469 g/mol. The number of hydrazone groups is 1. The van der Waals surface area contributed by atoms with Gasteiger partial charge in [-0.3, -0.25) is 20.3 Å².